The maximum absolute atomic E-state index is 13.0. The quantitative estimate of drug-likeness (QED) is 0.655. The minimum absolute atomic E-state index is 0.120. The predicted molar refractivity (Wildman–Crippen MR) is 133 cm³/mol. The van der Waals surface area contributed by atoms with Crippen LogP contribution in [0.2, 0.25) is 0 Å². The van der Waals surface area contributed by atoms with Gasteiger partial charge in [-0.15, -0.1) is 11.8 Å². The summed E-state index contributed by atoms with van der Waals surface area (Å²) < 4.78 is 5.13. The van der Waals surface area contributed by atoms with E-state index >= 15 is 0 Å². The lowest BCUT2D eigenvalue weighted by molar-refractivity contribution is -0.149. The average molecular weight is 483 g/mol. The number of hydrogen-bond acceptors (Lipinski definition) is 6. The summed E-state index contributed by atoms with van der Waals surface area (Å²) in [4.78, 5) is 46.1. The number of fused-ring (bicyclic) bond motifs is 1. The molecule has 3 heterocycles. The van der Waals surface area contributed by atoms with Gasteiger partial charge in [-0.2, -0.15) is 0 Å². The molecule has 4 rings (SSSR count). The van der Waals surface area contributed by atoms with Crippen molar-refractivity contribution in [2.24, 2.45) is 5.92 Å². The number of thioether (sulfide) groups is 1. The summed E-state index contributed by atoms with van der Waals surface area (Å²) in [7, 11) is 0. The molecule has 0 bridgehead atoms. The van der Waals surface area contributed by atoms with Gasteiger partial charge in [0.1, 0.15) is 5.03 Å². The van der Waals surface area contributed by atoms with Crippen molar-refractivity contribution in [1.29, 1.82) is 0 Å². The van der Waals surface area contributed by atoms with E-state index in [1.54, 1.807) is 52.8 Å². The highest BCUT2D eigenvalue weighted by molar-refractivity contribution is 7.99. The standard InChI is InChI=1S/C25H30N4O4S/c1-4-33-24(31)19-6-5-11-28(15-19)23(30)18-7-9-20(10-8-18)27-25(32)29-12-13-34-22-21(29)16(2)14-17(3)26-22/h7-10,14,19H,4-6,11-13,15H2,1-3H3,(H,27,32)/t19-/m0/s1. The molecule has 2 aromatic rings. The van der Waals surface area contributed by atoms with Gasteiger partial charge in [-0.1, -0.05) is 0 Å². The minimum atomic E-state index is -0.275. The number of ether oxygens (including phenoxy) is 1. The van der Waals surface area contributed by atoms with Crippen molar-refractivity contribution in [3.05, 3.63) is 47.2 Å². The Bertz CT molecular complexity index is 1090. The molecule has 1 N–H and O–H groups in total. The Hall–Kier alpha value is -3.07. The van der Waals surface area contributed by atoms with Gasteiger partial charge < -0.3 is 15.0 Å². The molecule has 2 aliphatic rings. The number of esters is 1. The Morgan fingerprint density at radius 2 is 1.94 bits per heavy atom. The molecule has 1 aromatic carbocycles. The number of anilines is 2. The summed E-state index contributed by atoms with van der Waals surface area (Å²) in [6.07, 6.45) is 1.51. The summed E-state index contributed by atoms with van der Waals surface area (Å²) in [6, 6.07) is 8.65. The first-order valence-electron chi connectivity index (χ1n) is 11.6. The van der Waals surface area contributed by atoms with Crippen molar-refractivity contribution in [1.82, 2.24) is 9.88 Å². The van der Waals surface area contributed by atoms with Crippen LogP contribution in [0.15, 0.2) is 35.4 Å². The van der Waals surface area contributed by atoms with E-state index < -0.39 is 0 Å². The number of benzene rings is 1. The topological polar surface area (TPSA) is 91.8 Å². The van der Waals surface area contributed by atoms with Crippen LogP contribution in [0.25, 0.3) is 0 Å². The maximum atomic E-state index is 13.0. The van der Waals surface area contributed by atoms with Crippen molar-refractivity contribution in [3.8, 4) is 0 Å². The van der Waals surface area contributed by atoms with E-state index in [1.807, 2.05) is 19.9 Å². The molecule has 2 aliphatic heterocycles. The van der Waals surface area contributed by atoms with E-state index in [2.05, 4.69) is 10.3 Å². The van der Waals surface area contributed by atoms with E-state index in [0.717, 1.165) is 40.6 Å². The Morgan fingerprint density at radius 1 is 1.18 bits per heavy atom. The number of pyridine rings is 1. The summed E-state index contributed by atoms with van der Waals surface area (Å²) >= 11 is 1.66. The normalized spacial score (nSPS) is 17.7. The van der Waals surface area contributed by atoms with Gasteiger partial charge in [-0.25, -0.2) is 9.78 Å². The zero-order valence-corrected chi connectivity index (χ0v) is 20.6. The van der Waals surface area contributed by atoms with Crippen LogP contribution in [-0.4, -0.2) is 59.8 Å². The molecule has 0 radical (unpaired) electrons. The minimum Gasteiger partial charge on any atom is -0.466 e. The molecule has 1 aromatic heterocycles. The lowest BCUT2D eigenvalue weighted by Gasteiger charge is -2.31. The molecule has 34 heavy (non-hydrogen) atoms. The third kappa shape index (κ3) is 5.19. The van der Waals surface area contributed by atoms with Gasteiger partial charge in [-0.3, -0.25) is 14.5 Å². The van der Waals surface area contributed by atoms with Crippen molar-refractivity contribution in [3.63, 3.8) is 0 Å². The van der Waals surface area contributed by atoms with Gasteiger partial charge in [0.15, 0.2) is 0 Å². The lowest BCUT2D eigenvalue weighted by Crippen LogP contribution is -2.42. The highest BCUT2D eigenvalue weighted by Crippen LogP contribution is 2.36. The van der Waals surface area contributed by atoms with Crippen LogP contribution in [0.5, 0.6) is 0 Å². The lowest BCUT2D eigenvalue weighted by atomic mass is 9.97. The van der Waals surface area contributed by atoms with Crippen LogP contribution < -0.4 is 10.2 Å². The van der Waals surface area contributed by atoms with Crippen LogP contribution in [0, 0.1) is 19.8 Å². The second-order valence-corrected chi connectivity index (χ2v) is 9.67. The molecular weight excluding hydrogens is 452 g/mol. The number of amides is 3. The van der Waals surface area contributed by atoms with Crippen LogP contribution in [0.3, 0.4) is 0 Å². The molecule has 0 aliphatic carbocycles. The first-order chi connectivity index (χ1) is 16.4. The number of urea groups is 1. The number of likely N-dealkylation sites (tertiary alicyclic amines) is 1. The molecule has 1 fully saturated rings. The third-order valence-electron chi connectivity index (χ3n) is 6.06. The molecule has 0 saturated carbocycles. The second kappa shape index (κ2) is 10.5. The monoisotopic (exact) mass is 482 g/mol. The fourth-order valence-electron chi connectivity index (χ4n) is 4.46. The first kappa shape index (κ1) is 24.1. The van der Waals surface area contributed by atoms with Gasteiger partial charge in [-0.05, 0) is 69.5 Å². The van der Waals surface area contributed by atoms with E-state index in [1.165, 1.54) is 0 Å². The Morgan fingerprint density at radius 3 is 2.68 bits per heavy atom. The van der Waals surface area contributed by atoms with E-state index in [0.29, 0.717) is 37.5 Å². The van der Waals surface area contributed by atoms with Crippen molar-refractivity contribution >= 4 is 41.0 Å². The Kier molecular flexibility index (Phi) is 7.41. The van der Waals surface area contributed by atoms with E-state index in [9.17, 15) is 14.4 Å². The van der Waals surface area contributed by atoms with Crippen molar-refractivity contribution in [2.45, 2.75) is 38.6 Å². The summed E-state index contributed by atoms with van der Waals surface area (Å²) in [6.45, 7) is 7.66. The summed E-state index contributed by atoms with van der Waals surface area (Å²) in [5.74, 6) is 0.151. The van der Waals surface area contributed by atoms with Gasteiger partial charge >= 0.3 is 12.0 Å². The van der Waals surface area contributed by atoms with Gasteiger partial charge in [0, 0.05) is 42.3 Å². The molecule has 0 spiro atoms. The van der Waals surface area contributed by atoms with Crippen LogP contribution in [0.4, 0.5) is 16.2 Å². The van der Waals surface area contributed by atoms with Crippen molar-refractivity contribution < 1.29 is 19.1 Å². The zero-order valence-electron chi connectivity index (χ0n) is 19.8. The van der Waals surface area contributed by atoms with Crippen LogP contribution in [-0.2, 0) is 9.53 Å². The van der Waals surface area contributed by atoms with Gasteiger partial charge in [0.2, 0.25) is 0 Å². The fourth-order valence-corrected chi connectivity index (χ4v) is 5.54. The molecule has 8 nitrogen and oxygen atoms in total. The number of hydrogen-bond donors (Lipinski definition) is 1. The predicted octanol–water partition coefficient (Wildman–Crippen LogP) is 4.26. The van der Waals surface area contributed by atoms with E-state index in [4.69, 9.17) is 4.74 Å². The number of carbonyl (C=O) groups is 3. The Labute approximate surface area is 204 Å². The summed E-state index contributed by atoms with van der Waals surface area (Å²) in [5.41, 5.74) is 3.95. The number of nitrogens with one attached hydrogen (secondary N) is 1. The Balaban J connectivity index is 1.41. The summed E-state index contributed by atoms with van der Waals surface area (Å²) in [5, 5.41) is 3.82. The van der Waals surface area contributed by atoms with Crippen LogP contribution in [0.1, 0.15) is 41.4 Å². The number of nitrogens with zero attached hydrogens (tertiary/aromatic N) is 3. The molecule has 1 atom stereocenters. The average Bonchev–Trinajstić information content (AvgIpc) is 2.83. The number of piperidine rings is 1. The first-order valence-corrected chi connectivity index (χ1v) is 12.6. The molecule has 3 amide bonds. The smallest absolute Gasteiger partial charge is 0.326 e. The number of rotatable bonds is 4. The van der Waals surface area contributed by atoms with E-state index in [-0.39, 0.29) is 23.8 Å². The SMILES string of the molecule is CCOC(=O)[C@H]1CCCN(C(=O)c2ccc(NC(=O)N3CCSc4nc(C)cc(C)c43)cc2)C1. The van der Waals surface area contributed by atoms with Crippen molar-refractivity contribution in [2.75, 3.05) is 42.2 Å². The van der Waals surface area contributed by atoms with Gasteiger partial charge in [0.05, 0.1) is 18.2 Å². The van der Waals surface area contributed by atoms with Gasteiger partial charge in [0.25, 0.3) is 5.91 Å². The molecule has 1 saturated heterocycles. The fraction of sp³-hybridized carbons (Fsp3) is 0.440. The highest BCUT2D eigenvalue weighted by atomic mass is 32.2. The number of aromatic nitrogens is 1. The largest absolute Gasteiger partial charge is 0.466 e. The molecule has 9 heteroatoms. The van der Waals surface area contributed by atoms with Crippen LogP contribution >= 0.6 is 11.8 Å². The molecule has 180 valence electrons. The third-order valence-corrected chi connectivity index (χ3v) is 7.00. The molecule has 0 unspecified atom stereocenters. The highest BCUT2D eigenvalue weighted by Gasteiger charge is 2.30. The second-order valence-electron chi connectivity index (χ2n) is 8.58. The maximum Gasteiger partial charge on any atom is 0.326 e. The number of aryl methyl sites for hydroxylation is 2. The molecular formula is C25H30N4O4S. The zero-order chi connectivity index (χ0) is 24.2. The number of carbonyl (C=O) groups excluding carboxylic acids is 3.